The van der Waals surface area contributed by atoms with E-state index < -0.39 is 0 Å². The minimum absolute atomic E-state index is 0. The fraction of sp³-hybridized carbons (Fsp3) is 0. The van der Waals surface area contributed by atoms with E-state index in [0.717, 1.165) is 0 Å². The van der Waals surface area contributed by atoms with Crippen molar-refractivity contribution in [3.8, 4) is 0 Å². The second-order valence-electron chi connectivity index (χ2n) is 2.31. The minimum Gasteiger partial charge on any atom is -1.00 e. The molecule has 1 heteroatoms. The first kappa shape index (κ1) is 13.7. The van der Waals surface area contributed by atoms with Gasteiger partial charge in [-0.05, 0) is 77.0 Å². The summed E-state index contributed by atoms with van der Waals surface area (Å²) in [7, 11) is 0. The first-order valence-electron chi connectivity index (χ1n) is 4.00. The number of hydrogen-bond acceptors (Lipinski definition) is 0. The molecule has 2 saturated carbocycles. The molecule has 2 fully saturated rings. The van der Waals surface area contributed by atoms with E-state index in [1.807, 2.05) is 77.0 Å². The molecular weight excluding hydrogens is 237 g/mol. The molecule has 0 bridgehead atoms. The molecule has 0 aromatic rings. The van der Waals surface area contributed by atoms with E-state index in [2.05, 4.69) is 0 Å². The van der Waals surface area contributed by atoms with E-state index in [9.17, 15) is 0 Å². The van der Waals surface area contributed by atoms with Crippen molar-refractivity contribution in [3.05, 3.63) is 77.0 Å². The molecule has 0 heterocycles. The predicted molar refractivity (Wildman–Crippen MR) is 51.6 cm³/mol. The summed E-state index contributed by atoms with van der Waals surface area (Å²) in [6.45, 7) is 0. The van der Waals surface area contributed by atoms with Gasteiger partial charge in [-0.2, -0.15) is 0 Å². The van der Waals surface area contributed by atoms with Gasteiger partial charge in [0.05, 0.1) is 0 Å². The number of rotatable bonds is 0. The maximum Gasteiger partial charge on any atom is -0.0312 e. The molecule has 0 atom stereocenters. The predicted octanol–water partition coefficient (Wildman–Crippen LogP) is 2.45. The van der Waals surface area contributed by atoms with E-state index >= 15 is 0 Å². The Morgan fingerprint density at radius 1 is 0.231 bits per heavy atom. The molecule has 0 aromatic heterocycles. The van der Waals surface area contributed by atoms with Crippen molar-refractivity contribution in [1.82, 2.24) is 0 Å². The molecule has 0 aliphatic heterocycles. The monoisotopic (exact) mass is 249 g/mol. The van der Waals surface area contributed by atoms with Crippen LogP contribution in [0.2, 0.25) is 0 Å². The smallest absolute Gasteiger partial charge is 0.0312 e. The molecule has 0 amide bonds. The zero-order valence-corrected chi connectivity index (χ0v) is 9.57. The molecule has 0 N–H and O–H groups in total. The fourth-order valence-corrected chi connectivity index (χ4v) is 0.770. The topological polar surface area (TPSA) is 0 Å². The van der Waals surface area contributed by atoms with Crippen LogP contribution < -0.4 is 0 Å². The van der Waals surface area contributed by atoms with Gasteiger partial charge in [-0.15, -0.1) is 0 Å². The van der Waals surface area contributed by atoms with E-state index in [0.29, 0.717) is 0 Å². The quantitative estimate of drug-likeness (QED) is 0.457. The molecule has 0 nitrogen and oxygen atoms in total. The van der Waals surface area contributed by atoms with Gasteiger partial charge in [0.25, 0.3) is 0 Å². The van der Waals surface area contributed by atoms with Crippen LogP contribution in [0.3, 0.4) is 0 Å². The average Bonchev–Trinajstić information content (AvgIpc) is 2.54. The summed E-state index contributed by atoms with van der Waals surface area (Å²) in [6, 6.07) is 0. The third-order valence-corrected chi connectivity index (χ3v) is 1.33. The molecule has 2 rings (SSSR count). The summed E-state index contributed by atoms with van der Waals surface area (Å²) in [5.74, 6) is 0. The second-order valence-corrected chi connectivity index (χ2v) is 2.31. The second kappa shape index (κ2) is 10.8. The first-order chi connectivity index (χ1) is 6.00. The third kappa shape index (κ3) is 9.05. The molecule has 0 aromatic carbocycles. The number of hydrogen-bond donors (Lipinski definition) is 0. The van der Waals surface area contributed by atoms with Crippen molar-refractivity contribution in [3.63, 3.8) is 0 Å². The Morgan fingerprint density at radius 3 is 0.385 bits per heavy atom. The molecule has 0 unspecified atom stereocenters. The SMILES string of the molecule is [CH]1[CH][CH][CH][CH]1.[CH]1[CH][CH][CH][CH][CH][CH]1.[Nb-]. The Balaban J connectivity index is 0.000000215. The van der Waals surface area contributed by atoms with Gasteiger partial charge in [-0.3, -0.25) is 0 Å². The van der Waals surface area contributed by atoms with Crippen LogP contribution in [-0.4, -0.2) is 0 Å². The van der Waals surface area contributed by atoms with Crippen LogP contribution in [-0.2, 0) is 22.4 Å². The van der Waals surface area contributed by atoms with Crippen LogP contribution in [0.15, 0.2) is 0 Å². The maximum atomic E-state index is 2.00. The molecular formula is C12H12Nb-. The molecule has 2 aliphatic carbocycles. The summed E-state index contributed by atoms with van der Waals surface area (Å²) in [5, 5.41) is 0. The van der Waals surface area contributed by atoms with Gasteiger partial charge in [0.15, 0.2) is 0 Å². The largest absolute Gasteiger partial charge is 1.00 e. The van der Waals surface area contributed by atoms with Gasteiger partial charge < -0.3 is 22.4 Å². The minimum atomic E-state index is 0. The molecule has 13 heavy (non-hydrogen) atoms. The van der Waals surface area contributed by atoms with Crippen LogP contribution >= 0.6 is 0 Å². The van der Waals surface area contributed by atoms with Crippen molar-refractivity contribution < 1.29 is 22.4 Å². The Morgan fingerprint density at radius 2 is 0.308 bits per heavy atom. The molecule has 66 valence electrons. The summed E-state index contributed by atoms with van der Waals surface area (Å²) < 4.78 is 0. The Bertz CT molecular complexity index is 59.9. The van der Waals surface area contributed by atoms with Gasteiger partial charge >= 0.3 is 0 Å². The standard InChI is InChI=1S/C7H7.C5H5.Nb/c1-2-4-6-7-5-3-1;1-2-4-5-3-1;/h1-7H;1-5H;/q;;-1. The van der Waals surface area contributed by atoms with Crippen LogP contribution in [0.5, 0.6) is 0 Å². The van der Waals surface area contributed by atoms with Gasteiger partial charge in [0.1, 0.15) is 0 Å². The van der Waals surface area contributed by atoms with E-state index in [4.69, 9.17) is 0 Å². The Hall–Kier alpha value is 0.740. The molecule has 0 saturated heterocycles. The van der Waals surface area contributed by atoms with E-state index in [1.54, 1.807) is 0 Å². The average molecular weight is 249 g/mol. The van der Waals surface area contributed by atoms with Gasteiger partial charge in [-0.1, -0.05) is 0 Å². The van der Waals surface area contributed by atoms with Crippen LogP contribution in [0.25, 0.3) is 0 Å². The normalized spacial score (nSPS) is 22.2. The van der Waals surface area contributed by atoms with Crippen molar-refractivity contribution in [2.45, 2.75) is 0 Å². The van der Waals surface area contributed by atoms with E-state index in [-0.39, 0.29) is 22.4 Å². The zero-order valence-electron chi connectivity index (χ0n) is 7.38. The molecule has 0 spiro atoms. The van der Waals surface area contributed by atoms with E-state index in [1.165, 1.54) is 0 Å². The Kier molecular flexibility index (Phi) is 11.4. The van der Waals surface area contributed by atoms with Crippen molar-refractivity contribution >= 4 is 0 Å². The fourth-order valence-electron chi connectivity index (χ4n) is 0.770. The van der Waals surface area contributed by atoms with Crippen molar-refractivity contribution in [1.29, 1.82) is 0 Å². The van der Waals surface area contributed by atoms with Crippen LogP contribution in [0, 0.1) is 77.0 Å². The summed E-state index contributed by atoms with van der Waals surface area (Å²) in [4.78, 5) is 0. The summed E-state index contributed by atoms with van der Waals surface area (Å²) in [5.41, 5.74) is 0. The summed E-state index contributed by atoms with van der Waals surface area (Å²) >= 11 is 0. The van der Waals surface area contributed by atoms with Gasteiger partial charge in [0.2, 0.25) is 0 Å². The maximum absolute atomic E-state index is 2.00. The van der Waals surface area contributed by atoms with Crippen LogP contribution in [0.1, 0.15) is 0 Å². The van der Waals surface area contributed by atoms with Crippen molar-refractivity contribution in [2.75, 3.05) is 0 Å². The summed E-state index contributed by atoms with van der Waals surface area (Å²) in [6.07, 6.45) is 24.0. The van der Waals surface area contributed by atoms with Crippen LogP contribution in [0.4, 0.5) is 0 Å². The van der Waals surface area contributed by atoms with Gasteiger partial charge in [0, 0.05) is 0 Å². The zero-order chi connectivity index (χ0) is 8.49. The third-order valence-electron chi connectivity index (χ3n) is 1.33. The molecule has 12 radical (unpaired) electrons. The first-order valence-corrected chi connectivity index (χ1v) is 4.00. The molecule has 2 aliphatic rings. The Labute approximate surface area is 99.4 Å². The van der Waals surface area contributed by atoms with Crippen molar-refractivity contribution in [2.24, 2.45) is 0 Å². The van der Waals surface area contributed by atoms with Gasteiger partial charge in [-0.25, -0.2) is 0 Å².